The maximum Gasteiger partial charge on any atom is 0.244 e. The van der Waals surface area contributed by atoms with Gasteiger partial charge in [-0.05, 0) is 67.3 Å². The second-order valence-corrected chi connectivity index (χ2v) is 11.4. The molecule has 0 radical (unpaired) electrons. The van der Waals surface area contributed by atoms with Gasteiger partial charge < -0.3 is 14.8 Å². The molecule has 3 aromatic carbocycles. The third-order valence-electron chi connectivity index (χ3n) is 5.79. The molecule has 0 aromatic heterocycles. The zero-order valence-corrected chi connectivity index (χ0v) is 22.4. The van der Waals surface area contributed by atoms with E-state index in [9.17, 15) is 13.2 Å². The van der Waals surface area contributed by atoms with Crippen molar-refractivity contribution in [2.45, 2.75) is 38.8 Å². The van der Waals surface area contributed by atoms with Crippen molar-refractivity contribution in [3.05, 3.63) is 86.4 Å². The first-order valence-electron chi connectivity index (χ1n) is 11.2. The number of nitrogens with one attached hydrogen (secondary N) is 1. The molecule has 10 heteroatoms. The van der Waals surface area contributed by atoms with E-state index in [-0.39, 0.29) is 31.3 Å². The first kappa shape index (κ1) is 26.3. The Balaban J connectivity index is 1.59. The molecule has 1 heterocycles. The predicted molar refractivity (Wildman–Crippen MR) is 139 cm³/mol. The highest BCUT2D eigenvalue weighted by Gasteiger charge is 2.30. The Morgan fingerprint density at radius 3 is 2.28 bits per heavy atom. The van der Waals surface area contributed by atoms with Gasteiger partial charge in [0.25, 0.3) is 0 Å². The number of sulfonamides is 1. The first-order valence-corrected chi connectivity index (χ1v) is 13.4. The summed E-state index contributed by atoms with van der Waals surface area (Å²) in [7, 11) is -4.03. The van der Waals surface area contributed by atoms with Gasteiger partial charge in [0.2, 0.25) is 22.7 Å². The zero-order valence-electron chi connectivity index (χ0n) is 20.1. The van der Waals surface area contributed by atoms with E-state index in [0.29, 0.717) is 38.2 Å². The van der Waals surface area contributed by atoms with Gasteiger partial charge in [0.15, 0.2) is 11.5 Å². The minimum atomic E-state index is -4.03. The average Bonchev–Trinajstić information content (AvgIpc) is 3.26. The smallest absolute Gasteiger partial charge is 0.244 e. The fourth-order valence-electron chi connectivity index (χ4n) is 4.24. The van der Waals surface area contributed by atoms with Crippen molar-refractivity contribution in [3.63, 3.8) is 0 Å². The van der Waals surface area contributed by atoms with Crippen LogP contribution in [0.15, 0.2) is 53.4 Å². The van der Waals surface area contributed by atoms with Gasteiger partial charge in [-0.25, -0.2) is 8.42 Å². The van der Waals surface area contributed by atoms with Crippen molar-refractivity contribution in [1.29, 1.82) is 0 Å². The van der Waals surface area contributed by atoms with Crippen molar-refractivity contribution in [1.82, 2.24) is 9.62 Å². The van der Waals surface area contributed by atoms with E-state index in [1.54, 1.807) is 44.2 Å². The molecule has 0 saturated heterocycles. The summed E-state index contributed by atoms with van der Waals surface area (Å²) in [4.78, 5) is 13.1. The SMILES string of the molecule is Cc1cc(C)c(S(=O)(=O)N(CC(=O)NCc2ccc3c(c2)OCO3)Cc2ccc(Cl)c(Cl)c2)c(C)c1. The number of halogens is 2. The van der Waals surface area contributed by atoms with Crippen molar-refractivity contribution in [2.75, 3.05) is 13.3 Å². The van der Waals surface area contributed by atoms with Crippen molar-refractivity contribution in [2.24, 2.45) is 0 Å². The normalized spacial score (nSPS) is 12.7. The highest BCUT2D eigenvalue weighted by atomic mass is 35.5. The summed E-state index contributed by atoms with van der Waals surface area (Å²) in [5, 5.41) is 3.47. The summed E-state index contributed by atoms with van der Waals surface area (Å²) in [6.07, 6.45) is 0. The van der Waals surface area contributed by atoms with Crippen molar-refractivity contribution in [3.8, 4) is 11.5 Å². The van der Waals surface area contributed by atoms with Gasteiger partial charge in [-0.3, -0.25) is 4.79 Å². The van der Waals surface area contributed by atoms with Crippen LogP contribution in [-0.4, -0.2) is 32.0 Å². The van der Waals surface area contributed by atoms with Crippen LogP contribution in [-0.2, 0) is 27.9 Å². The van der Waals surface area contributed by atoms with Crippen LogP contribution in [0.5, 0.6) is 11.5 Å². The number of aryl methyl sites for hydroxylation is 3. The Bertz CT molecular complexity index is 1400. The van der Waals surface area contributed by atoms with Gasteiger partial charge in [-0.2, -0.15) is 4.31 Å². The molecule has 0 saturated carbocycles. The standard InChI is InChI=1S/C26H26Cl2N2O5S/c1-16-8-17(2)26(18(3)9-16)36(32,33)30(13-20-4-6-21(27)22(28)10-20)14-25(31)29-12-19-5-7-23-24(11-19)35-15-34-23/h4-11H,12-15H2,1-3H3,(H,29,31). The van der Waals surface area contributed by atoms with Gasteiger partial charge >= 0.3 is 0 Å². The van der Waals surface area contributed by atoms with E-state index in [1.165, 1.54) is 0 Å². The van der Waals surface area contributed by atoms with Crippen LogP contribution < -0.4 is 14.8 Å². The number of carbonyl (C=O) groups excluding carboxylic acids is 1. The molecule has 1 aliphatic heterocycles. The van der Waals surface area contributed by atoms with Gasteiger partial charge in [-0.15, -0.1) is 0 Å². The minimum Gasteiger partial charge on any atom is -0.454 e. The van der Waals surface area contributed by atoms with Gasteiger partial charge in [0.1, 0.15) is 0 Å². The summed E-state index contributed by atoms with van der Waals surface area (Å²) >= 11 is 12.2. The number of hydrogen-bond donors (Lipinski definition) is 1. The minimum absolute atomic E-state index is 0.0522. The average molecular weight is 549 g/mol. The molecule has 1 N–H and O–H groups in total. The molecule has 4 rings (SSSR count). The van der Waals surface area contributed by atoms with Crippen LogP contribution in [0.2, 0.25) is 10.0 Å². The largest absolute Gasteiger partial charge is 0.454 e. The highest BCUT2D eigenvalue weighted by molar-refractivity contribution is 7.89. The number of benzene rings is 3. The third-order valence-corrected chi connectivity index (χ3v) is 8.63. The van der Waals surface area contributed by atoms with E-state index in [4.69, 9.17) is 32.7 Å². The van der Waals surface area contributed by atoms with E-state index in [0.717, 1.165) is 15.4 Å². The van der Waals surface area contributed by atoms with Crippen LogP contribution in [0.3, 0.4) is 0 Å². The molecule has 3 aromatic rings. The van der Waals surface area contributed by atoms with E-state index >= 15 is 0 Å². The van der Waals surface area contributed by atoms with Gasteiger partial charge in [-0.1, -0.05) is 53.0 Å². The third kappa shape index (κ3) is 5.78. The zero-order chi connectivity index (χ0) is 26.0. The lowest BCUT2D eigenvalue weighted by atomic mass is 10.1. The lowest BCUT2D eigenvalue weighted by Crippen LogP contribution is -2.40. The van der Waals surface area contributed by atoms with Crippen molar-refractivity contribution >= 4 is 39.1 Å². The second kappa shape index (κ2) is 10.7. The molecule has 0 unspecified atom stereocenters. The van der Waals surface area contributed by atoms with Crippen LogP contribution >= 0.6 is 23.2 Å². The number of nitrogens with zero attached hydrogens (tertiary/aromatic N) is 1. The van der Waals surface area contributed by atoms with E-state index < -0.39 is 15.9 Å². The summed E-state index contributed by atoms with van der Waals surface area (Å²) in [5.74, 6) is 0.808. The van der Waals surface area contributed by atoms with Crippen LogP contribution in [0, 0.1) is 20.8 Å². The lowest BCUT2D eigenvalue weighted by Gasteiger charge is -2.24. The molecule has 0 spiro atoms. The fraction of sp³-hybridized carbons (Fsp3) is 0.269. The molecule has 1 aliphatic rings. The summed E-state index contributed by atoms with van der Waals surface area (Å²) in [6, 6.07) is 13.9. The maximum absolute atomic E-state index is 13.8. The van der Waals surface area contributed by atoms with Gasteiger partial charge in [0, 0.05) is 13.1 Å². The van der Waals surface area contributed by atoms with Crippen LogP contribution in [0.25, 0.3) is 0 Å². The number of amides is 1. The maximum atomic E-state index is 13.8. The molecule has 0 bridgehead atoms. The molecule has 190 valence electrons. The Morgan fingerprint density at radius 2 is 1.58 bits per heavy atom. The van der Waals surface area contributed by atoms with Gasteiger partial charge in [0.05, 0.1) is 21.5 Å². The number of rotatable bonds is 8. The Kier molecular flexibility index (Phi) is 7.80. The van der Waals surface area contributed by atoms with Crippen LogP contribution in [0.1, 0.15) is 27.8 Å². The molecule has 36 heavy (non-hydrogen) atoms. The topological polar surface area (TPSA) is 84.9 Å². The quantitative estimate of drug-likeness (QED) is 0.420. The molecular formula is C26H26Cl2N2O5S. The fourth-order valence-corrected chi connectivity index (χ4v) is 6.35. The first-order chi connectivity index (χ1) is 17.0. The summed E-state index contributed by atoms with van der Waals surface area (Å²) < 4.78 is 39.5. The molecule has 0 fully saturated rings. The Hall–Kier alpha value is -2.78. The van der Waals surface area contributed by atoms with Crippen LogP contribution in [0.4, 0.5) is 0 Å². The summed E-state index contributed by atoms with van der Waals surface area (Å²) in [6.45, 7) is 5.36. The molecule has 7 nitrogen and oxygen atoms in total. The Labute approximate surface area is 221 Å². The molecule has 0 aliphatic carbocycles. The van der Waals surface area contributed by atoms with E-state index in [2.05, 4.69) is 5.32 Å². The number of fused-ring (bicyclic) bond motifs is 1. The second-order valence-electron chi connectivity index (χ2n) is 8.71. The highest BCUT2D eigenvalue weighted by Crippen LogP contribution is 2.32. The number of ether oxygens (including phenoxy) is 2. The number of carbonyl (C=O) groups is 1. The van der Waals surface area contributed by atoms with E-state index in [1.807, 2.05) is 25.1 Å². The molecule has 1 amide bonds. The Morgan fingerprint density at radius 1 is 0.917 bits per heavy atom. The predicted octanol–water partition coefficient (Wildman–Crippen LogP) is 5.15. The number of hydrogen-bond acceptors (Lipinski definition) is 5. The molecular weight excluding hydrogens is 523 g/mol. The summed E-state index contributed by atoms with van der Waals surface area (Å²) in [5.41, 5.74) is 3.61. The van der Waals surface area contributed by atoms with Crippen molar-refractivity contribution < 1.29 is 22.7 Å². The molecule has 0 atom stereocenters. The monoisotopic (exact) mass is 548 g/mol. The lowest BCUT2D eigenvalue weighted by molar-refractivity contribution is -0.121.